The molecule has 0 N–H and O–H groups in total. The van der Waals surface area contributed by atoms with E-state index in [1.54, 1.807) is 0 Å². The molecule has 0 heterocycles. The number of esters is 3. The van der Waals surface area contributed by atoms with Gasteiger partial charge in [0.05, 0.1) is 0 Å². The molecule has 0 amide bonds. The maximum absolute atomic E-state index is 12.9. The fourth-order valence-corrected chi connectivity index (χ4v) is 9.56. The van der Waals surface area contributed by atoms with E-state index in [9.17, 15) is 14.4 Å². The Morgan fingerprint density at radius 2 is 0.478 bits per heavy atom. The average Bonchev–Trinajstić information content (AvgIpc) is 3.35. The first kappa shape index (κ1) is 67.1. The van der Waals surface area contributed by atoms with Gasteiger partial charge in [-0.1, -0.05) is 303 Å². The predicted molar refractivity (Wildman–Crippen MR) is 298 cm³/mol. The number of ether oxygens (including phenoxy) is 3. The van der Waals surface area contributed by atoms with Gasteiger partial charge >= 0.3 is 17.9 Å². The highest BCUT2D eigenvalue weighted by molar-refractivity contribution is 5.71. The molecule has 408 valence electrons. The van der Waals surface area contributed by atoms with Crippen LogP contribution in [0.2, 0.25) is 0 Å². The van der Waals surface area contributed by atoms with E-state index in [1.165, 1.54) is 250 Å². The normalized spacial score (nSPS) is 12.0. The smallest absolute Gasteiger partial charge is 0.306 e. The van der Waals surface area contributed by atoms with Crippen LogP contribution in [0.1, 0.15) is 355 Å². The molecule has 0 saturated heterocycles. The van der Waals surface area contributed by atoms with Gasteiger partial charge in [0.2, 0.25) is 0 Å². The highest BCUT2D eigenvalue weighted by atomic mass is 16.6. The first-order chi connectivity index (χ1) is 34.0. The first-order valence-corrected chi connectivity index (χ1v) is 31.2. The van der Waals surface area contributed by atoms with Crippen molar-refractivity contribution in [2.75, 3.05) is 13.2 Å². The standard InChI is InChI=1S/C63H120O6/c1-4-7-10-13-16-19-22-25-28-30-31-33-36-39-42-45-48-51-54-57-63(66)69-60(58-67-61(64)55-52-49-46-43-40-37-34-27-24-21-18-15-12-9-6-3)59-68-62(65)56-53-50-47-44-41-38-35-32-29-26-23-20-17-14-11-8-5-2/h27,34,60H,4-26,28-33,35-59H2,1-3H3/b34-27-/t60-/m1/s1. The van der Waals surface area contributed by atoms with Crippen molar-refractivity contribution in [1.82, 2.24) is 0 Å². The van der Waals surface area contributed by atoms with E-state index in [4.69, 9.17) is 14.2 Å². The molecule has 0 aliphatic rings. The lowest BCUT2D eigenvalue weighted by molar-refractivity contribution is -0.167. The third kappa shape index (κ3) is 56.9. The second-order valence-electron chi connectivity index (χ2n) is 21.3. The van der Waals surface area contributed by atoms with Crippen molar-refractivity contribution in [2.45, 2.75) is 361 Å². The molecule has 0 aliphatic carbocycles. The second-order valence-corrected chi connectivity index (χ2v) is 21.3. The fourth-order valence-electron chi connectivity index (χ4n) is 9.56. The molecule has 0 aromatic rings. The predicted octanol–water partition coefficient (Wildman–Crippen LogP) is 20.9. The number of hydrogen-bond donors (Lipinski definition) is 0. The summed E-state index contributed by atoms with van der Waals surface area (Å²) in [5.74, 6) is -0.845. The zero-order chi connectivity index (χ0) is 50.0. The van der Waals surface area contributed by atoms with Crippen LogP contribution in [0.25, 0.3) is 0 Å². The van der Waals surface area contributed by atoms with Crippen LogP contribution in [0.15, 0.2) is 12.2 Å². The minimum absolute atomic E-state index is 0.0661. The molecule has 0 unspecified atom stereocenters. The Labute approximate surface area is 431 Å². The van der Waals surface area contributed by atoms with E-state index in [2.05, 4.69) is 32.9 Å². The molecule has 0 bridgehead atoms. The topological polar surface area (TPSA) is 78.9 Å². The number of carbonyl (C=O) groups is 3. The molecule has 0 saturated carbocycles. The van der Waals surface area contributed by atoms with Crippen LogP contribution in [0.4, 0.5) is 0 Å². The molecule has 6 heteroatoms. The number of unbranched alkanes of at least 4 members (excludes halogenated alkanes) is 45. The van der Waals surface area contributed by atoms with Gasteiger partial charge in [-0.3, -0.25) is 14.4 Å². The lowest BCUT2D eigenvalue weighted by atomic mass is 10.0. The van der Waals surface area contributed by atoms with Crippen LogP contribution in [0, 0.1) is 0 Å². The summed E-state index contributed by atoms with van der Waals surface area (Å²) in [7, 11) is 0. The molecule has 69 heavy (non-hydrogen) atoms. The summed E-state index contributed by atoms with van der Waals surface area (Å²) in [6, 6.07) is 0. The van der Waals surface area contributed by atoms with Gasteiger partial charge in [-0.25, -0.2) is 0 Å². The Balaban J connectivity index is 4.30. The average molecular weight is 974 g/mol. The SMILES string of the molecule is CCCCCCCC/C=C\CCCCCCCC(=O)OC[C@H](COC(=O)CCCCCCCCCCCCCCCCCCC)OC(=O)CCCCCCCCCCCCCCCCCCCCC. The van der Waals surface area contributed by atoms with Gasteiger partial charge in [-0.2, -0.15) is 0 Å². The van der Waals surface area contributed by atoms with E-state index >= 15 is 0 Å². The van der Waals surface area contributed by atoms with Crippen LogP contribution >= 0.6 is 0 Å². The van der Waals surface area contributed by atoms with Crippen molar-refractivity contribution in [3.63, 3.8) is 0 Å². The minimum atomic E-state index is -0.768. The molecule has 1 atom stereocenters. The summed E-state index contributed by atoms with van der Waals surface area (Å²) in [6.45, 7) is 6.70. The van der Waals surface area contributed by atoms with Crippen LogP contribution in [0.3, 0.4) is 0 Å². The third-order valence-electron chi connectivity index (χ3n) is 14.3. The molecule has 0 aromatic carbocycles. The number of rotatable bonds is 58. The number of hydrogen-bond acceptors (Lipinski definition) is 6. The van der Waals surface area contributed by atoms with E-state index in [0.29, 0.717) is 19.3 Å². The highest BCUT2D eigenvalue weighted by Crippen LogP contribution is 2.18. The molecule has 6 nitrogen and oxygen atoms in total. The quantitative estimate of drug-likeness (QED) is 0.0261. The van der Waals surface area contributed by atoms with Gasteiger partial charge in [0.15, 0.2) is 6.10 Å². The maximum Gasteiger partial charge on any atom is 0.306 e. The molecule has 0 aliphatic heterocycles. The lowest BCUT2D eigenvalue weighted by Gasteiger charge is -2.18. The van der Waals surface area contributed by atoms with Gasteiger partial charge in [-0.05, 0) is 44.9 Å². The van der Waals surface area contributed by atoms with E-state index < -0.39 is 6.10 Å². The third-order valence-corrected chi connectivity index (χ3v) is 14.3. The minimum Gasteiger partial charge on any atom is -0.462 e. The fraction of sp³-hybridized carbons (Fsp3) is 0.921. The lowest BCUT2D eigenvalue weighted by Crippen LogP contribution is -2.30. The highest BCUT2D eigenvalue weighted by Gasteiger charge is 2.19. The molecule has 0 fully saturated rings. The van der Waals surface area contributed by atoms with Crippen molar-refractivity contribution in [3.05, 3.63) is 12.2 Å². The van der Waals surface area contributed by atoms with Gasteiger partial charge in [-0.15, -0.1) is 0 Å². The maximum atomic E-state index is 12.9. The largest absolute Gasteiger partial charge is 0.462 e. The van der Waals surface area contributed by atoms with Crippen LogP contribution < -0.4 is 0 Å². The summed E-state index contributed by atoms with van der Waals surface area (Å²) in [6.07, 6.45) is 67.8. The zero-order valence-corrected chi connectivity index (χ0v) is 46.9. The Morgan fingerprint density at radius 1 is 0.275 bits per heavy atom. The summed E-state index contributed by atoms with van der Waals surface area (Å²) in [4.78, 5) is 38.2. The summed E-state index contributed by atoms with van der Waals surface area (Å²) in [5, 5.41) is 0. The Kier molecular flexibility index (Phi) is 57.1. The van der Waals surface area contributed by atoms with E-state index in [0.717, 1.165) is 64.2 Å². The molecule has 0 aromatic heterocycles. The number of allylic oxidation sites excluding steroid dienone is 2. The van der Waals surface area contributed by atoms with Crippen LogP contribution in [-0.2, 0) is 28.6 Å². The molecular weight excluding hydrogens is 853 g/mol. The van der Waals surface area contributed by atoms with E-state index in [-0.39, 0.29) is 31.1 Å². The van der Waals surface area contributed by atoms with E-state index in [1.807, 2.05) is 0 Å². The Hall–Kier alpha value is -1.85. The monoisotopic (exact) mass is 973 g/mol. The van der Waals surface area contributed by atoms with Crippen molar-refractivity contribution >= 4 is 17.9 Å². The van der Waals surface area contributed by atoms with Gasteiger partial charge < -0.3 is 14.2 Å². The van der Waals surface area contributed by atoms with Crippen molar-refractivity contribution in [3.8, 4) is 0 Å². The Bertz CT molecular complexity index is 1070. The zero-order valence-electron chi connectivity index (χ0n) is 46.9. The molecule has 0 rings (SSSR count). The number of carbonyl (C=O) groups excluding carboxylic acids is 3. The van der Waals surface area contributed by atoms with Crippen LogP contribution in [0.5, 0.6) is 0 Å². The van der Waals surface area contributed by atoms with Gasteiger partial charge in [0.1, 0.15) is 13.2 Å². The Morgan fingerprint density at radius 3 is 0.725 bits per heavy atom. The van der Waals surface area contributed by atoms with Crippen molar-refractivity contribution in [2.24, 2.45) is 0 Å². The van der Waals surface area contributed by atoms with Crippen molar-refractivity contribution in [1.29, 1.82) is 0 Å². The van der Waals surface area contributed by atoms with Gasteiger partial charge in [0.25, 0.3) is 0 Å². The molecular formula is C63H120O6. The van der Waals surface area contributed by atoms with Gasteiger partial charge in [0, 0.05) is 19.3 Å². The van der Waals surface area contributed by atoms with Crippen molar-refractivity contribution < 1.29 is 28.6 Å². The van der Waals surface area contributed by atoms with Crippen LogP contribution in [-0.4, -0.2) is 37.2 Å². The molecule has 0 spiro atoms. The summed E-state index contributed by atoms with van der Waals surface area (Å²) < 4.78 is 16.9. The second kappa shape index (κ2) is 58.7. The first-order valence-electron chi connectivity index (χ1n) is 31.2. The summed E-state index contributed by atoms with van der Waals surface area (Å²) >= 11 is 0. The molecule has 0 radical (unpaired) electrons. The summed E-state index contributed by atoms with van der Waals surface area (Å²) in [5.41, 5.74) is 0.